The third-order valence-corrected chi connectivity index (χ3v) is 6.18. The van der Waals surface area contributed by atoms with E-state index < -0.39 is 35.7 Å². The fourth-order valence-corrected chi connectivity index (χ4v) is 4.90. The zero-order valence-electron chi connectivity index (χ0n) is 13.9. The van der Waals surface area contributed by atoms with Gasteiger partial charge in [0.2, 0.25) is 0 Å². The lowest BCUT2D eigenvalue weighted by Crippen LogP contribution is -2.45. The highest BCUT2D eigenvalue weighted by Gasteiger charge is 2.70. The smallest absolute Gasteiger partial charge is 0.312 e. The first kappa shape index (κ1) is 15.8. The summed E-state index contributed by atoms with van der Waals surface area (Å²) in [7, 11) is 1.31. The van der Waals surface area contributed by atoms with Crippen LogP contribution in [0.3, 0.4) is 0 Å². The first-order valence-corrected chi connectivity index (χ1v) is 8.44. The van der Waals surface area contributed by atoms with Gasteiger partial charge in [-0.2, -0.15) is 0 Å². The van der Waals surface area contributed by atoms with Crippen molar-refractivity contribution in [1.29, 1.82) is 0 Å². The minimum atomic E-state index is -0.572. The summed E-state index contributed by atoms with van der Waals surface area (Å²) in [6.07, 6.45) is 0.279. The van der Waals surface area contributed by atoms with Gasteiger partial charge >= 0.3 is 17.9 Å². The molecule has 8 heteroatoms. The quantitative estimate of drug-likeness (QED) is 0.399. The molecule has 7 unspecified atom stereocenters. The lowest BCUT2D eigenvalue weighted by molar-refractivity contribution is -0.170. The standard InChI is InChI=1S/C16H22N2O6/c1-4-8(16(2)17-18-16)13(19)23-11-6-5-7-10(9(6)14(20)22-3)15(21)24-12(7)11/h6-12,17-18H,4-5H2,1-3H3. The minimum Gasteiger partial charge on any atom is -0.469 e. The van der Waals surface area contributed by atoms with Crippen LogP contribution in [-0.2, 0) is 28.6 Å². The van der Waals surface area contributed by atoms with E-state index in [0.717, 1.165) is 0 Å². The maximum atomic E-state index is 12.6. The number of carbonyl (C=O) groups is 3. The van der Waals surface area contributed by atoms with E-state index in [1.54, 1.807) is 0 Å². The van der Waals surface area contributed by atoms with Gasteiger partial charge in [0, 0.05) is 11.8 Å². The van der Waals surface area contributed by atoms with Gasteiger partial charge in [-0.3, -0.25) is 14.4 Å². The van der Waals surface area contributed by atoms with Gasteiger partial charge in [-0.25, -0.2) is 10.9 Å². The average molecular weight is 338 g/mol. The largest absolute Gasteiger partial charge is 0.469 e. The minimum absolute atomic E-state index is 0.0581. The molecular formula is C16H22N2O6. The number of carbonyl (C=O) groups excluding carboxylic acids is 3. The van der Waals surface area contributed by atoms with Crippen LogP contribution in [0.25, 0.3) is 0 Å². The van der Waals surface area contributed by atoms with E-state index in [9.17, 15) is 14.4 Å². The predicted octanol–water partition coefficient (Wildman–Crippen LogP) is -0.271. The summed E-state index contributed by atoms with van der Waals surface area (Å²) in [5.41, 5.74) is 5.48. The normalized spacial score (nSPS) is 41.7. The van der Waals surface area contributed by atoms with Gasteiger partial charge in [0.25, 0.3) is 0 Å². The van der Waals surface area contributed by atoms with Gasteiger partial charge in [0.1, 0.15) is 17.9 Å². The van der Waals surface area contributed by atoms with Crippen molar-refractivity contribution in [2.45, 2.75) is 44.6 Å². The molecule has 2 saturated carbocycles. The summed E-state index contributed by atoms with van der Waals surface area (Å²) in [5, 5.41) is 0. The Bertz CT molecular complexity index is 603. The number of nitrogens with one attached hydrogen (secondary N) is 2. The molecule has 2 heterocycles. The SMILES string of the molecule is CCC(C(=O)OC1C2CC3C1OC(=O)C3C2C(=O)OC)C1(C)NN1. The summed E-state index contributed by atoms with van der Waals surface area (Å²) in [6.45, 7) is 3.81. The number of esters is 3. The summed E-state index contributed by atoms with van der Waals surface area (Å²) >= 11 is 0. The molecule has 7 atom stereocenters. The van der Waals surface area contributed by atoms with E-state index in [-0.39, 0.29) is 29.7 Å². The van der Waals surface area contributed by atoms with Crippen LogP contribution in [0.1, 0.15) is 26.7 Å². The third-order valence-electron chi connectivity index (χ3n) is 6.18. The Morgan fingerprint density at radius 2 is 2.08 bits per heavy atom. The molecule has 0 aromatic rings. The van der Waals surface area contributed by atoms with Crippen molar-refractivity contribution >= 4 is 17.9 Å². The molecule has 0 radical (unpaired) electrons. The summed E-state index contributed by atoms with van der Waals surface area (Å²) in [6, 6.07) is 0. The Hall–Kier alpha value is -1.67. The molecule has 0 aromatic carbocycles. The molecule has 2 N–H and O–H groups in total. The fraction of sp³-hybridized carbons (Fsp3) is 0.812. The molecule has 2 bridgehead atoms. The first-order chi connectivity index (χ1) is 11.4. The number of rotatable bonds is 5. The van der Waals surface area contributed by atoms with Crippen molar-refractivity contribution in [2.75, 3.05) is 7.11 Å². The number of methoxy groups -OCH3 is 1. The van der Waals surface area contributed by atoms with E-state index in [4.69, 9.17) is 14.2 Å². The maximum Gasteiger partial charge on any atom is 0.312 e. The van der Waals surface area contributed by atoms with Crippen molar-refractivity contribution in [3.8, 4) is 0 Å². The lowest BCUT2D eigenvalue weighted by atomic mass is 9.78. The van der Waals surface area contributed by atoms with Crippen LogP contribution in [0, 0.1) is 29.6 Å². The van der Waals surface area contributed by atoms with E-state index in [1.165, 1.54) is 7.11 Å². The van der Waals surface area contributed by atoms with Gasteiger partial charge < -0.3 is 14.2 Å². The molecule has 2 aliphatic carbocycles. The Kier molecular flexibility index (Phi) is 3.41. The topological polar surface area (TPSA) is 123 Å². The highest BCUT2D eigenvalue weighted by Crippen LogP contribution is 2.59. The average Bonchev–Trinajstić information content (AvgIpc) is 2.93. The molecule has 132 valence electrons. The predicted molar refractivity (Wildman–Crippen MR) is 78.8 cm³/mol. The highest BCUT2D eigenvalue weighted by atomic mass is 16.6. The van der Waals surface area contributed by atoms with Gasteiger partial charge in [-0.05, 0) is 19.8 Å². The van der Waals surface area contributed by atoms with Crippen LogP contribution in [0.5, 0.6) is 0 Å². The molecule has 24 heavy (non-hydrogen) atoms. The second-order valence-corrected chi connectivity index (χ2v) is 7.35. The second-order valence-electron chi connectivity index (χ2n) is 7.35. The Balaban J connectivity index is 1.55. The van der Waals surface area contributed by atoms with E-state index in [0.29, 0.717) is 12.8 Å². The molecule has 4 aliphatic rings. The van der Waals surface area contributed by atoms with Gasteiger partial charge in [0.15, 0.2) is 0 Å². The molecule has 4 rings (SSSR count). The molecule has 8 nitrogen and oxygen atoms in total. The Labute approximate surface area is 139 Å². The number of hydrazine groups is 1. The molecule has 0 amide bonds. The van der Waals surface area contributed by atoms with E-state index in [1.807, 2.05) is 13.8 Å². The van der Waals surface area contributed by atoms with Crippen molar-refractivity contribution < 1.29 is 28.6 Å². The van der Waals surface area contributed by atoms with Crippen LogP contribution in [0.15, 0.2) is 0 Å². The summed E-state index contributed by atoms with van der Waals surface area (Å²) < 4.78 is 16.1. The van der Waals surface area contributed by atoms with E-state index >= 15 is 0 Å². The molecule has 4 fully saturated rings. The van der Waals surface area contributed by atoms with Gasteiger partial charge in [0.05, 0.1) is 24.9 Å². The van der Waals surface area contributed by atoms with Crippen LogP contribution in [0.4, 0.5) is 0 Å². The second kappa shape index (κ2) is 5.16. The highest BCUT2D eigenvalue weighted by molar-refractivity contribution is 5.86. The monoisotopic (exact) mass is 338 g/mol. The molecule has 2 aliphatic heterocycles. The van der Waals surface area contributed by atoms with Crippen molar-refractivity contribution in [2.24, 2.45) is 29.6 Å². The molecule has 0 spiro atoms. The number of hydrogen-bond acceptors (Lipinski definition) is 8. The molecule has 0 aromatic heterocycles. The Morgan fingerprint density at radius 1 is 1.38 bits per heavy atom. The first-order valence-electron chi connectivity index (χ1n) is 8.44. The molecule has 2 saturated heterocycles. The van der Waals surface area contributed by atoms with Crippen LogP contribution in [0.2, 0.25) is 0 Å². The van der Waals surface area contributed by atoms with Gasteiger partial charge in [-0.15, -0.1) is 0 Å². The lowest BCUT2D eigenvalue weighted by Gasteiger charge is -2.31. The third kappa shape index (κ3) is 2.02. The number of hydrogen-bond donors (Lipinski definition) is 2. The van der Waals surface area contributed by atoms with Crippen molar-refractivity contribution in [3.05, 3.63) is 0 Å². The van der Waals surface area contributed by atoms with E-state index in [2.05, 4.69) is 10.9 Å². The number of ether oxygens (including phenoxy) is 3. The van der Waals surface area contributed by atoms with Crippen LogP contribution >= 0.6 is 0 Å². The zero-order valence-corrected chi connectivity index (χ0v) is 13.9. The zero-order chi connectivity index (χ0) is 17.2. The maximum absolute atomic E-state index is 12.6. The summed E-state index contributed by atoms with van der Waals surface area (Å²) in [4.78, 5) is 36.9. The fourth-order valence-electron chi connectivity index (χ4n) is 4.90. The molecular weight excluding hydrogens is 316 g/mol. The van der Waals surface area contributed by atoms with Crippen LogP contribution < -0.4 is 10.9 Å². The summed E-state index contributed by atoms with van der Waals surface area (Å²) in [5.74, 6) is -2.76. The van der Waals surface area contributed by atoms with Crippen molar-refractivity contribution in [3.63, 3.8) is 0 Å². The van der Waals surface area contributed by atoms with Gasteiger partial charge in [-0.1, -0.05) is 6.92 Å². The number of fused-ring (bicyclic) bond motifs is 1. The van der Waals surface area contributed by atoms with Crippen molar-refractivity contribution in [1.82, 2.24) is 10.9 Å². The Morgan fingerprint density at radius 3 is 2.67 bits per heavy atom. The van der Waals surface area contributed by atoms with Crippen LogP contribution in [-0.4, -0.2) is 42.9 Å².